The van der Waals surface area contributed by atoms with E-state index in [-0.39, 0.29) is 29.8 Å². The highest BCUT2D eigenvalue weighted by Gasteiger charge is 2.39. The quantitative estimate of drug-likeness (QED) is 0.681. The Bertz CT molecular complexity index is 290. The van der Waals surface area contributed by atoms with Gasteiger partial charge in [0.2, 0.25) is 5.91 Å². The molecule has 1 aliphatic rings. The van der Waals surface area contributed by atoms with Crippen molar-refractivity contribution in [3.63, 3.8) is 0 Å². The summed E-state index contributed by atoms with van der Waals surface area (Å²) in [4.78, 5) is 25.3. The van der Waals surface area contributed by atoms with E-state index in [0.29, 0.717) is 19.6 Å². The summed E-state index contributed by atoms with van der Waals surface area (Å²) in [7, 11) is 2.98. The minimum atomic E-state index is -0.245. The van der Waals surface area contributed by atoms with Crippen LogP contribution in [0, 0.1) is 11.8 Å². The van der Waals surface area contributed by atoms with Crippen LogP contribution in [0.2, 0.25) is 0 Å². The van der Waals surface area contributed by atoms with Crippen molar-refractivity contribution in [1.29, 1.82) is 0 Å². The fourth-order valence-corrected chi connectivity index (χ4v) is 2.21. The summed E-state index contributed by atoms with van der Waals surface area (Å²) in [6, 6.07) is -0.0148. The van der Waals surface area contributed by atoms with Gasteiger partial charge in [0, 0.05) is 19.6 Å². The second-order valence-electron chi connectivity index (χ2n) is 4.71. The van der Waals surface area contributed by atoms with Crippen LogP contribution in [0.5, 0.6) is 0 Å². The predicted octanol–water partition coefficient (Wildman–Crippen LogP) is 0.679. The molecule has 98 valence electrons. The van der Waals surface area contributed by atoms with Gasteiger partial charge in [0.15, 0.2) is 0 Å². The lowest BCUT2D eigenvalue weighted by Gasteiger charge is -2.25. The molecular weight excluding hydrogens is 222 g/mol. The number of nitrogens with zero attached hydrogens (tertiary/aromatic N) is 1. The fraction of sp³-hybridized carbons (Fsp3) is 0.833. The molecule has 1 rings (SSSR count). The first-order valence-corrected chi connectivity index (χ1v) is 5.88. The average molecular weight is 243 g/mol. The fourth-order valence-electron chi connectivity index (χ4n) is 2.21. The van der Waals surface area contributed by atoms with E-state index in [1.807, 2.05) is 13.8 Å². The van der Waals surface area contributed by atoms with Gasteiger partial charge >= 0.3 is 5.97 Å². The van der Waals surface area contributed by atoms with Crippen LogP contribution in [-0.2, 0) is 19.1 Å². The van der Waals surface area contributed by atoms with Crippen LogP contribution in [0.1, 0.15) is 20.3 Å². The Morgan fingerprint density at radius 2 is 2.00 bits per heavy atom. The maximum atomic E-state index is 12.0. The summed E-state index contributed by atoms with van der Waals surface area (Å²) in [6.45, 7) is 4.62. The van der Waals surface area contributed by atoms with Crippen molar-refractivity contribution in [3.05, 3.63) is 0 Å². The van der Waals surface area contributed by atoms with Crippen molar-refractivity contribution in [2.75, 3.05) is 27.4 Å². The third-order valence-corrected chi connectivity index (χ3v) is 3.08. The lowest BCUT2D eigenvalue weighted by atomic mass is 10.1. The zero-order valence-electron chi connectivity index (χ0n) is 10.9. The summed E-state index contributed by atoms with van der Waals surface area (Å²) >= 11 is 0. The first-order valence-electron chi connectivity index (χ1n) is 5.88. The minimum Gasteiger partial charge on any atom is -0.469 e. The summed E-state index contributed by atoms with van der Waals surface area (Å²) in [5.41, 5.74) is 0. The van der Waals surface area contributed by atoms with E-state index in [9.17, 15) is 9.59 Å². The van der Waals surface area contributed by atoms with Gasteiger partial charge in [0.05, 0.1) is 25.7 Å². The number of methoxy groups -OCH3 is 2. The highest BCUT2D eigenvalue weighted by Crippen LogP contribution is 2.26. The zero-order chi connectivity index (χ0) is 13.0. The topological polar surface area (TPSA) is 55.8 Å². The molecule has 0 aromatic carbocycles. The number of amides is 1. The van der Waals surface area contributed by atoms with E-state index in [1.165, 1.54) is 7.11 Å². The van der Waals surface area contributed by atoms with E-state index in [4.69, 9.17) is 9.47 Å². The minimum absolute atomic E-state index is 0.0148. The number of rotatable bonds is 4. The maximum absolute atomic E-state index is 12.0. The van der Waals surface area contributed by atoms with Gasteiger partial charge in [0.1, 0.15) is 0 Å². The number of ether oxygens (including phenoxy) is 2. The van der Waals surface area contributed by atoms with Gasteiger partial charge < -0.3 is 14.4 Å². The van der Waals surface area contributed by atoms with Gasteiger partial charge in [-0.2, -0.15) is 0 Å². The van der Waals surface area contributed by atoms with Crippen molar-refractivity contribution in [2.24, 2.45) is 11.8 Å². The molecular formula is C12H21NO4. The summed E-state index contributed by atoms with van der Waals surface area (Å²) in [6.07, 6.45) is 0.624. The Labute approximate surface area is 102 Å². The van der Waals surface area contributed by atoms with E-state index < -0.39 is 0 Å². The molecule has 0 unspecified atom stereocenters. The number of hydrogen-bond donors (Lipinski definition) is 0. The van der Waals surface area contributed by atoms with Gasteiger partial charge in [-0.1, -0.05) is 13.8 Å². The zero-order valence-corrected chi connectivity index (χ0v) is 10.9. The molecule has 1 fully saturated rings. The first kappa shape index (κ1) is 14.0. The smallest absolute Gasteiger partial charge is 0.310 e. The number of likely N-dealkylation sites (tertiary alicyclic amines) is 1. The van der Waals surface area contributed by atoms with Crippen LogP contribution in [0.3, 0.4) is 0 Å². The maximum Gasteiger partial charge on any atom is 0.310 e. The van der Waals surface area contributed by atoms with Crippen LogP contribution < -0.4 is 0 Å². The lowest BCUT2D eigenvalue weighted by molar-refractivity contribution is -0.145. The molecule has 1 saturated heterocycles. The molecule has 2 atom stereocenters. The van der Waals surface area contributed by atoms with E-state index in [2.05, 4.69) is 0 Å². The van der Waals surface area contributed by atoms with Crippen molar-refractivity contribution in [3.8, 4) is 0 Å². The summed E-state index contributed by atoms with van der Waals surface area (Å²) in [5, 5.41) is 0. The molecule has 0 bridgehead atoms. The van der Waals surface area contributed by atoms with E-state index in [1.54, 1.807) is 12.0 Å². The molecule has 0 aromatic rings. The normalized spacial score (nSPS) is 24.2. The second kappa shape index (κ2) is 6.00. The summed E-state index contributed by atoms with van der Waals surface area (Å²) < 4.78 is 9.83. The second-order valence-corrected chi connectivity index (χ2v) is 4.71. The molecule has 1 heterocycles. The molecule has 17 heavy (non-hydrogen) atoms. The largest absolute Gasteiger partial charge is 0.469 e. The van der Waals surface area contributed by atoms with Crippen molar-refractivity contribution in [1.82, 2.24) is 4.90 Å². The summed E-state index contributed by atoms with van der Waals surface area (Å²) in [5.74, 6) is -0.461. The Morgan fingerprint density at radius 3 is 2.47 bits per heavy atom. The van der Waals surface area contributed by atoms with Gasteiger partial charge in [-0.15, -0.1) is 0 Å². The van der Waals surface area contributed by atoms with E-state index in [0.717, 1.165) is 0 Å². The van der Waals surface area contributed by atoms with Crippen LogP contribution in [0.25, 0.3) is 0 Å². The Balaban J connectivity index is 2.73. The highest BCUT2D eigenvalue weighted by atomic mass is 16.5. The Morgan fingerprint density at radius 1 is 1.35 bits per heavy atom. The average Bonchev–Trinajstić information content (AvgIpc) is 2.71. The van der Waals surface area contributed by atoms with Gasteiger partial charge in [-0.25, -0.2) is 0 Å². The van der Waals surface area contributed by atoms with Gasteiger partial charge in [-0.05, 0) is 6.42 Å². The molecule has 0 N–H and O–H groups in total. The number of carbonyl (C=O) groups is 2. The van der Waals surface area contributed by atoms with Gasteiger partial charge in [0.25, 0.3) is 0 Å². The molecule has 1 aliphatic heterocycles. The van der Waals surface area contributed by atoms with Crippen LogP contribution in [0.15, 0.2) is 0 Å². The Hall–Kier alpha value is -1.10. The molecule has 0 aromatic heterocycles. The van der Waals surface area contributed by atoms with Crippen molar-refractivity contribution < 1.29 is 19.1 Å². The SMILES string of the molecule is COC[C@@H]1C[C@H](C(=O)OC)CN1C(=O)C(C)C. The highest BCUT2D eigenvalue weighted by molar-refractivity contribution is 5.81. The van der Waals surface area contributed by atoms with E-state index >= 15 is 0 Å². The molecule has 0 saturated carbocycles. The molecule has 1 amide bonds. The van der Waals surface area contributed by atoms with Crippen LogP contribution >= 0.6 is 0 Å². The predicted molar refractivity (Wildman–Crippen MR) is 62.3 cm³/mol. The van der Waals surface area contributed by atoms with Crippen molar-refractivity contribution in [2.45, 2.75) is 26.3 Å². The molecule has 5 nitrogen and oxygen atoms in total. The molecule has 0 radical (unpaired) electrons. The molecule has 5 heteroatoms. The first-order chi connectivity index (χ1) is 8.01. The number of hydrogen-bond acceptors (Lipinski definition) is 4. The third-order valence-electron chi connectivity index (χ3n) is 3.08. The van der Waals surface area contributed by atoms with Crippen LogP contribution in [0.4, 0.5) is 0 Å². The standard InChI is InChI=1S/C12H21NO4/c1-8(2)11(14)13-6-9(12(15)17-4)5-10(13)7-16-3/h8-10H,5-7H2,1-4H3/t9-,10-/m0/s1. The third kappa shape index (κ3) is 3.19. The Kier molecular flexibility index (Phi) is 4.93. The molecule has 0 spiro atoms. The van der Waals surface area contributed by atoms with Crippen LogP contribution in [-0.4, -0.2) is 50.2 Å². The number of carbonyl (C=O) groups excluding carboxylic acids is 2. The number of esters is 1. The molecule has 0 aliphatic carbocycles. The monoisotopic (exact) mass is 243 g/mol. The van der Waals surface area contributed by atoms with Crippen molar-refractivity contribution >= 4 is 11.9 Å². The lowest BCUT2D eigenvalue weighted by Crippen LogP contribution is -2.40. The van der Waals surface area contributed by atoms with Gasteiger partial charge in [-0.3, -0.25) is 9.59 Å².